The standard InChI is InChI=1S/C24H19NO6/c1-29-18-8-3-15(4-9-18)23(16-5-10-19(30-2)11-6-16)21-14-31-22-12-7-17(25(27)28)13-20(22)24(21)26/h3-14,23H,1-2H3. The van der Waals surface area contributed by atoms with Gasteiger partial charge < -0.3 is 13.9 Å². The Morgan fingerprint density at radius 1 is 0.871 bits per heavy atom. The van der Waals surface area contributed by atoms with Crippen molar-refractivity contribution in [1.82, 2.24) is 0 Å². The molecule has 156 valence electrons. The van der Waals surface area contributed by atoms with E-state index >= 15 is 0 Å². The van der Waals surface area contributed by atoms with Gasteiger partial charge in [-0.3, -0.25) is 14.9 Å². The highest BCUT2D eigenvalue weighted by Crippen LogP contribution is 2.33. The SMILES string of the molecule is COc1ccc(C(c2ccc(OC)cc2)c2coc3ccc([N+](=O)[O-])cc3c2=O)cc1. The van der Waals surface area contributed by atoms with Crippen molar-refractivity contribution in [1.29, 1.82) is 0 Å². The summed E-state index contributed by atoms with van der Waals surface area (Å²) >= 11 is 0. The molecular weight excluding hydrogens is 398 g/mol. The van der Waals surface area contributed by atoms with E-state index in [2.05, 4.69) is 0 Å². The second-order valence-electron chi connectivity index (χ2n) is 6.94. The van der Waals surface area contributed by atoms with Gasteiger partial charge in [-0.2, -0.15) is 0 Å². The van der Waals surface area contributed by atoms with Crippen LogP contribution in [0.1, 0.15) is 22.6 Å². The van der Waals surface area contributed by atoms with Crippen LogP contribution in [-0.4, -0.2) is 19.1 Å². The van der Waals surface area contributed by atoms with Crippen molar-refractivity contribution >= 4 is 16.7 Å². The van der Waals surface area contributed by atoms with Crippen molar-refractivity contribution in [2.24, 2.45) is 0 Å². The summed E-state index contributed by atoms with van der Waals surface area (Å²) in [5.74, 6) is 0.938. The van der Waals surface area contributed by atoms with Gasteiger partial charge in [0.25, 0.3) is 5.69 Å². The van der Waals surface area contributed by atoms with Crippen molar-refractivity contribution in [2.45, 2.75) is 5.92 Å². The van der Waals surface area contributed by atoms with E-state index < -0.39 is 10.8 Å². The number of rotatable bonds is 6. The van der Waals surface area contributed by atoms with Gasteiger partial charge in [0.05, 0.1) is 30.8 Å². The zero-order valence-corrected chi connectivity index (χ0v) is 16.9. The van der Waals surface area contributed by atoms with Crippen LogP contribution in [0, 0.1) is 10.1 Å². The van der Waals surface area contributed by atoms with E-state index in [1.807, 2.05) is 48.5 Å². The lowest BCUT2D eigenvalue weighted by molar-refractivity contribution is -0.384. The number of nitro benzene ring substituents is 1. The molecule has 1 heterocycles. The number of ether oxygens (including phenoxy) is 2. The van der Waals surface area contributed by atoms with Crippen molar-refractivity contribution in [3.8, 4) is 11.5 Å². The van der Waals surface area contributed by atoms with Crippen LogP contribution in [0.4, 0.5) is 5.69 Å². The van der Waals surface area contributed by atoms with Gasteiger partial charge in [0, 0.05) is 23.6 Å². The van der Waals surface area contributed by atoms with Crippen molar-refractivity contribution in [3.05, 3.63) is 110 Å². The molecule has 4 aromatic rings. The molecule has 0 atom stereocenters. The van der Waals surface area contributed by atoms with Gasteiger partial charge in [0.15, 0.2) is 5.43 Å². The number of nitro groups is 1. The van der Waals surface area contributed by atoms with E-state index in [4.69, 9.17) is 13.9 Å². The van der Waals surface area contributed by atoms with Gasteiger partial charge in [-0.25, -0.2) is 0 Å². The maximum atomic E-state index is 13.4. The summed E-state index contributed by atoms with van der Waals surface area (Å²) in [4.78, 5) is 24.1. The Morgan fingerprint density at radius 2 is 1.42 bits per heavy atom. The Balaban J connectivity index is 1.93. The summed E-state index contributed by atoms with van der Waals surface area (Å²) in [7, 11) is 3.17. The second-order valence-corrected chi connectivity index (χ2v) is 6.94. The smallest absolute Gasteiger partial charge is 0.270 e. The Bertz CT molecular complexity index is 1250. The molecular formula is C24H19NO6. The first kappa shape index (κ1) is 20.2. The van der Waals surface area contributed by atoms with E-state index in [0.29, 0.717) is 22.6 Å². The molecule has 7 nitrogen and oxygen atoms in total. The Hall–Kier alpha value is -4.13. The van der Waals surface area contributed by atoms with E-state index in [1.54, 1.807) is 14.2 Å². The molecule has 0 saturated heterocycles. The number of non-ortho nitro benzene ring substituents is 1. The van der Waals surface area contributed by atoms with Crippen LogP contribution in [0.5, 0.6) is 11.5 Å². The fourth-order valence-corrected chi connectivity index (χ4v) is 3.59. The third-order valence-electron chi connectivity index (χ3n) is 5.20. The summed E-state index contributed by atoms with van der Waals surface area (Å²) in [5.41, 5.74) is 1.89. The number of nitrogens with zero attached hydrogens (tertiary/aromatic N) is 1. The largest absolute Gasteiger partial charge is 0.497 e. The fraction of sp³-hybridized carbons (Fsp3) is 0.125. The number of hydrogen-bond acceptors (Lipinski definition) is 6. The highest BCUT2D eigenvalue weighted by Gasteiger charge is 2.23. The first-order valence-electron chi connectivity index (χ1n) is 9.49. The lowest BCUT2D eigenvalue weighted by atomic mass is 9.85. The summed E-state index contributed by atoms with van der Waals surface area (Å²) in [6.45, 7) is 0. The predicted octanol–water partition coefficient (Wildman–Crippen LogP) is 4.90. The fourth-order valence-electron chi connectivity index (χ4n) is 3.59. The first-order valence-corrected chi connectivity index (χ1v) is 9.49. The monoisotopic (exact) mass is 417 g/mol. The van der Waals surface area contributed by atoms with E-state index in [1.165, 1.54) is 24.5 Å². The molecule has 0 aliphatic carbocycles. The maximum Gasteiger partial charge on any atom is 0.270 e. The van der Waals surface area contributed by atoms with Gasteiger partial charge in [-0.15, -0.1) is 0 Å². The molecule has 7 heteroatoms. The van der Waals surface area contributed by atoms with E-state index in [9.17, 15) is 14.9 Å². The minimum Gasteiger partial charge on any atom is -0.497 e. The van der Waals surface area contributed by atoms with E-state index in [0.717, 1.165) is 11.1 Å². The number of fused-ring (bicyclic) bond motifs is 1. The van der Waals surface area contributed by atoms with Crippen molar-refractivity contribution in [3.63, 3.8) is 0 Å². The topological polar surface area (TPSA) is 91.8 Å². The van der Waals surface area contributed by atoms with Gasteiger partial charge in [0.2, 0.25) is 0 Å². The molecule has 31 heavy (non-hydrogen) atoms. The van der Waals surface area contributed by atoms with Crippen LogP contribution >= 0.6 is 0 Å². The molecule has 0 spiro atoms. The zero-order chi connectivity index (χ0) is 22.0. The molecule has 0 aliphatic rings. The molecule has 4 rings (SSSR count). The average molecular weight is 417 g/mol. The molecule has 1 aromatic heterocycles. The van der Waals surface area contributed by atoms with E-state index in [-0.39, 0.29) is 16.5 Å². The Morgan fingerprint density at radius 3 is 1.90 bits per heavy atom. The lowest BCUT2D eigenvalue weighted by Gasteiger charge is -2.19. The highest BCUT2D eigenvalue weighted by molar-refractivity contribution is 5.80. The minimum atomic E-state index is -0.532. The molecule has 0 radical (unpaired) electrons. The van der Waals surface area contributed by atoms with Crippen LogP contribution in [0.2, 0.25) is 0 Å². The molecule has 3 aromatic carbocycles. The van der Waals surface area contributed by atoms with Gasteiger partial charge in [-0.1, -0.05) is 24.3 Å². The van der Waals surface area contributed by atoms with Gasteiger partial charge in [0.1, 0.15) is 17.1 Å². The Kier molecular flexibility index (Phi) is 5.41. The maximum absolute atomic E-state index is 13.4. The second kappa shape index (κ2) is 8.31. The molecule has 0 bridgehead atoms. The molecule has 0 aliphatic heterocycles. The zero-order valence-electron chi connectivity index (χ0n) is 16.9. The van der Waals surface area contributed by atoms with Crippen LogP contribution in [0.15, 0.2) is 82.2 Å². The molecule has 0 fully saturated rings. The van der Waals surface area contributed by atoms with Crippen LogP contribution in [0.25, 0.3) is 11.0 Å². The third kappa shape index (κ3) is 3.85. The van der Waals surface area contributed by atoms with Crippen LogP contribution in [0.3, 0.4) is 0 Å². The number of methoxy groups -OCH3 is 2. The summed E-state index contributed by atoms with van der Waals surface area (Å²) in [6.07, 6.45) is 1.43. The normalized spacial score (nSPS) is 10.9. The molecule has 0 amide bonds. The quantitative estimate of drug-likeness (QED) is 0.327. The van der Waals surface area contributed by atoms with Crippen LogP contribution in [-0.2, 0) is 0 Å². The van der Waals surface area contributed by atoms with Crippen LogP contribution < -0.4 is 14.9 Å². The number of hydrogen-bond donors (Lipinski definition) is 0. The minimum absolute atomic E-state index is 0.164. The summed E-state index contributed by atoms with van der Waals surface area (Å²) in [6, 6.07) is 18.8. The van der Waals surface area contributed by atoms with Gasteiger partial charge in [-0.05, 0) is 41.5 Å². The third-order valence-corrected chi connectivity index (χ3v) is 5.20. The van der Waals surface area contributed by atoms with Gasteiger partial charge >= 0.3 is 0 Å². The predicted molar refractivity (Wildman–Crippen MR) is 116 cm³/mol. The molecule has 0 saturated carbocycles. The summed E-state index contributed by atoms with van der Waals surface area (Å²) < 4.78 is 16.2. The first-order chi connectivity index (χ1) is 15.0. The average Bonchev–Trinajstić information content (AvgIpc) is 2.81. The molecule has 0 N–H and O–H groups in total. The Labute approximate surface area is 177 Å². The summed E-state index contributed by atoms with van der Waals surface area (Å²) in [5, 5.41) is 11.4. The van der Waals surface area contributed by atoms with Crippen molar-refractivity contribution in [2.75, 3.05) is 14.2 Å². The number of benzene rings is 3. The highest BCUT2D eigenvalue weighted by atomic mass is 16.6. The van der Waals surface area contributed by atoms with Crippen molar-refractivity contribution < 1.29 is 18.8 Å². The molecule has 0 unspecified atom stereocenters. The lowest BCUT2D eigenvalue weighted by Crippen LogP contribution is -2.16.